The number of hydrogen-bond acceptors (Lipinski definition) is 7. The van der Waals surface area contributed by atoms with Gasteiger partial charge in [-0.2, -0.15) is 0 Å². The van der Waals surface area contributed by atoms with Crippen LogP contribution < -0.4 is 14.4 Å². The molecule has 0 spiro atoms. The highest BCUT2D eigenvalue weighted by atomic mass is 32.2. The van der Waals surface area contributed by atoms with Gasteiger partial charge in [-0.25, -0.2) is 8.42 Å². The molecule has 0 aliphatic heterocycles. The van der Waals surface area contributed by atoms with Crippen molar-refractivity contribution >= 4 is 33.2 Å². The second-order valence-corrected chi connectivity index (χ2v) is 11.0. The molecule has 0 radical (unpaired) electrons. The minimum Gasteiger partial charge on any atom is -0.497 e. The number of carbonyl (C=O) groups is 2. The van der Waals surface area contributed by atoms with Crippen molar-refractivity contribution in [3.63, 3.8) is 0 Å². The van der Waals surface area contributed by atoms with E-state index in [2.05, 4.69) is 5.32 Å². The molecule has 2 amide bonds. The lowest BCUT2D eigenvalue weighted by Gasteiger charge is -2.32. The Kier molecular flexibility index (Phi) is 9.09. The molecule has 0 bridgehead atoms. The van der Waals surface area contributed by atoms with Crippen LogP contribution in [0, 0.1) is 10.1 Å². The van der Waals surface area contributed by atoms with Crippen LogP contribution in [0.1, 0.15) is 38.2 Å². The van der Waals surface area contributed by atoms with Crippen LogP contribution in [0.2, 0.25) is 0 Å². The average Bonchev–Trinajstić information content (AvgIpc) is 3.38. The number of amides is 2. The zero-order chi connectivity index (χ0) is 27.2. The number of nitrogens with one attached hydrogen (secondary N) is 1. The Hall–Kier alpha value is -3.67. The number of benzene rings is 2. The van der Waals surface area contributed by atoms with Crippen molar-refractivity contribution < 1.29 is 27.7 Å². The quantitative estimate of drug-likeness (QED) is 0.347. The van der Waals surface area contributed by atoms with Gasteiger partial charge in [0.25, 0.3) is 5.69 Å². The van der Waals surface area contributed by atoms with Gasteiger partial charge in [-0.05, 0) is 43.5 Å². The van der Waals surface area contributed by atoms with Crippen molar-refractivity contribution in [3.8, 4) is 5.75 Å². The van der Waals surface area contributed by atoms with Crippen LogP contribution in [0.4, 0.5) is 11.4 Å². The Morgan fingerprint density at radius 2 is 1.81 bits per heavy atom. The molecule has 2 aromatic rings. The third-order valence-corrected chi connectivity index (χ3v) is 7.53. The monoisotopic (exact) mass is 532 g/mol. The van der Waals surface area contributed by atoms with Crippen molar-refractivity contribution in [2.75, 3.05) is 24.2 Å². The van der Waals surface area contributed by atoms with E-state index in [1.165, 1.54) is 30.2 Å². The Labute approximate surface area is 216 Å². The van der Waals surface area contributed by atoms with Crippen LogP contribution in [0.5, 0.6) is 5.75 Å². The van der Waals surface area contributed by atoms with Gasteiger partial charge in [0.2, 0.25) is 21.8 Å². The maximum Gasteiger partial charge on any atom is 0.271 e. The lowest BCUT2D eigenvalue weighted by atomic mass is 10.1. The molecule has 1 atom stereocenters. The lowest BCUT2D eigenvalue weighted by molar-refractivity contribution is -0.384. The van der Waals surface area contributed by atoms with Crippen molar-refractivity contribution in [3.05, 3.63) is 64.2 Å². The van der Waals surface area contributed by atoms with Crippen molar-refractivity contribution in [1.82, 2.24) is 10.2 Å². The number of anilines is 1. The number of nitro benzene ring substituents is 1. The predicted molar refractivity (Wildman–Crippen MR) is 139 cm³/mol. The molecule has 1 saturated carbocycles. The highest BCUT2D eigenvalue weighted by Gasteiger charge is 2.31. The van der Waals surface area contributed by atoms with Crippen LogP contribution in [-0.4, -0.2) is 62.0 Å². The van der Waals surface area contributed by atoms with E-state index < -0.39 is 33.4 Å². The first-order chi connectivity index (χ1) is 17.5. The van der Waals surface area contributed by atoms with Gasteiger partial charge >= 0.3 is 0 Å². The highest BCUT2D eigenvalue weighted by Crippen LogP contribution is 2.24. The molecule has 0 saturated heterocycles. The van der Waals surface area contributed by atoms with E-state index in [9.17, 15) is 28.1 Å². The molecule has 0 heterocycles. The number of non-ortho nitro benzene ring substituents is 1. The molecular formula is C25H32N4O7S. The predicted octanol–water partition coefficient (Wildman–Crippen LogP) is 2.85. The first kappa shape index (κ1) is 27.9. The number of carbonyl (C=O) groups excluding carboxylic acids is 2. The van der Waals surface area contributed by atoms with Gasteiger partial charge in [0.05, 0.1) is 24.0 Å². The van der Waals surface area contributed by atoms with Crippen LogP contribution in [0.25, 0.3) is 0 Å². The number of sulfonamides is 1. The van der Waals surface area contributed by atoms with E-state index >= 15 is 0 Å². The second kappa shape index (κ2) is 12.0. The van der Waals surface area contributed by atoms with E-state index in [4.69, 9.17) is 4.74 Å². The molecule has 0 aromatic heterocycles. The summed E-state index contributed by atoms with van der Waals surface area (Å²) in [5.41, 5.74) is 0.395. The Morgan fingerprint density at radius 1 is 1.16 bits per heavy atom. The summed E-state index contributed by atoms with van der Waals surface area (Å²) in [4.78, 5) is 38.6. The summed E-state index contributed by atoms with van der Waals surface area (Å²) in [6.45, 7) is 1.02. The Bertz CT molecular complexity index is 1230. The van der Waals surface area contributed by atoms with Gasteiger partial charge < -0.3 is 15.0 Å². The fourth-order valence-electron chi connectivity index (χ4n) is 4.28. The van der Waals surface area contributed by atoms with Crippen LogP contribution in [0.15, 0.2) is 48.5 Å². The van der Waals surface area contributed by atoms with Gasteiger partial charge in [0.1, 0.15) is 18.3 Å². The second-order valence-electron chi connectivity index (χ2n) is 9.08. The van der Waals surface area contributed by atoms with E-state index in [1.807, 2.05) is 0 Å². The fraction of sp³-hybridized carbons (Fsp3) is 0.440. The molecule has 3 rings (SSSR count). The summed E-state index contributed by atoms with van der Waals surface area (Å²) in [5, 5.41) is 14.2. The van der Waals surface area contributed by atoms with E-state index in [0.29, 0.717) is 5.75 Å². The first-order valence-corrected chi connectivity index (χ1v) is 13.8. The topological polar surface area (TPSA) is 139 Å². The molecule has 11 nitrogen and oxygen atoms in total. The molecule has 1 fully saturated rings. The maximum atomic E-state index is 13.6. The summed E-state index contributed by atoms with van der Waals surface area (Å²) in [6.07, 6.45) is 4.73. The van der Waals surface area contributed by atoms with E-state index in [0.717, 1.165) is 47.9 Å². The molecule has 1 aliphatic carbocycles. The normalized spacial score (nSPS) is 14.6. The smallest absolute Gasteiger partial charge is 0.271 e. The third-order valence-electron chi connectivity index (χ3n) is 6.39. The van der Waals surface area contributed by atoms with Crippen molar-refractivity contribution in [2.45, 2.75) is 51.2 Å². The molecule has 37 heavy (non-hydrogen) atoms. The minimum absolute atomic E-state index is 0.0162. The van der Waals surface area contributed by atoms with Gasteiger partial charge in [0, 0.05) is 24.7 Å². The number of nitrogens with zero attached hydrogens (tertiary/aromatic N) is 3. The fourth-order valence-corrected chi connectivity index (χ4v) is 5.12. The molecule has 12 heteroatoms. The zero-order valence-electron chi connectivity index (χ0n) is 21.1. The highest BCUT2D eigenvalue weighted by molar-refractivity contribution is 7.92. The third kappa shape index (κ3) is 7.42. The molecule has 200 valence electrons. The van der Waals surface area contributed by atoms with E-state index in [1.54, 1.807) is 31.2 Å². The SMILES string of the molecule is COc1ccc(CN(C(=O)CN(c2cccc([N+](=O)[O-])c2)S(C)(=O)=O)C(C)C(=O)NC2CCCC2)cc1. The van der Waals surface area contributed by atoms with Crippen LogP contribution in [-0.2, 0) is 26.2 Å². The summed E-state index contributed by atoms with van der Waals surface area (Å²) in [6, 6.07) is 11.2. The summed E-state index contributed by atoms with van der Waals surface area (Å²) < 4.78 is 31.2. The maximum absolute atomic E-state index is 13.6. The minimum atomic E-state index is -3.99. The molecule has 1 unspecified atom stereocenters. The van der Waals surface area contributed by atoms with Gasteiger partial charge in [-0.1, -0.05) is 31.0 Å². The number of rotatable bonds is 11. The number of hydrogen-bond donors (Lipinski definition) is 1. The number of nitro groups is 1. The summed E-state index contributed by atoms with van der Waals surface area (Å²) in [7, 11) is -2.45. The largest absolute Gasteiger partial charge is 0.497 e. The van der Waals surface area contributed by atoms with Gasteiger partial charge in [-0.15, -0.1) is 0 Å². The standard InChI is InChI=1S/C25H32N4O7S/c1-18(25(31)26-20-7-4-5-8-20)27(16-19-11-13-23(36-2)14-12-19)24(30)17-28(37(3,34)35)21-9-6-10-22(15-21)29(32)33/h6,9-15,18,20H,4-5,7-8,16-17H2,1-3H3,(H,26,31). The Morgan fingerprint density at radius 3 is 2.38 bits per heavy atom. The van der Waals surface area contributed by atoms with Gasteiger partial charge in [0.15, 0.2) is 0 Å². The average molecular weight is 533 g/mol. The van der Waals surface area contributed by atoms with Gasteiger partial charge in [-0.3, -0.25) is 24.0 Å². The molecule has 1 N–H and O–H groups in total. The molecule has 2 aromatic carbocycles. The van der Waals surface area contributed by atoms with Crippen LogP contribution >= 0.6 is 0 Å². The molecule has 1 aliphatic rings. The molecular weight excluding hydrogens is 500 g/mol. The lowest BCUT2D eigenvalue weighted by Crippen LogP contribution is -2.52. The number of methoxy groups -OCH3 is 1. The summed E-state index contributed by atoms with van der Waals surface area (Å²) in [5.74, 6) is -0.320. The number of ether oxygens (including phenoxy) is 1. The van der Waals surface area contributed by atoms with Crippen molar-refractivity contribution in [1.29, 1.82) is 0 Å². The first-order valence-electron chi connectivity index (χ1n) is 11.9. The van der Waals surface area contributed by atoms with Crippen molar-refractivity contribution in [2.24, 2.45) is 0 Å². The zero-order valence-corrected chi connectivity index (χ0v) is 21.9. The summed E-state index contributed by atoms with van der Waals surface area (Å²) >= 11 is 0. The van der Waals surface area contributed by atoms with Crippen LogP contribution in [0.3, 0.4) is 0 Å². The Balaban J connectivity index is 1.90. The van der Waals surface area contributed by atoms with E-state index in [-0.39, 0.29) is 29.9 Å².